The van der Waals surface area contributed by atoms with Gasteiger partial charge >= 0.3 is 10.3 Å². The number of rotatable bonds is 2. The van der Waals surface area contributed by atoms with Crippen LogP contribution in [0.4, 0.5) is 0 Å². The minimum atomic E-state index is -3.85. The van der Waals surface area contributed by atoms with Crippen LogP contribution in [0.5, 0.6) is 0 Å². The number of nitrogens with one attached hydrogen (secondary N) is 1. The lowest BCUT2D eigenvalue weighted by Crippen LogP contribution is -2.19. The maximum Gasteiger partial charge on any atom is 0.361 e. The second-order valence-electron chi connectivity index (χ2n) is 0.733. The molecule has 0 aliphatic heterocycles. The molecule has 2 N–H and O–H groups in total. The fraction of sp³-hybridized carbons (Fsp3) is 1.00. The lowest BCUT2D eigenvalue weighted by atomic mass is 11.6. The van der Waals surface area contributed by atoms with Crippen molar-refractivity contribution < 1.29 is 18.0 Å². The molecule has 7 heavy (non-hydrogen) atoms. The summed E-state index contributed by atoms with van der Waals surface area (Å²) in [6, 6.07) is 0. The summed E-state index contributed by atoms with van der Waals surface area (Å²) in [6.45, 7) is 0. The van der Waals surface area contributed by atoms with Crippen LogP contribution in [-0.2, 0) is 14.6 Å². The molecule has 0 aliphatic rings. The van der Waals surface area contributed by atoms with Crippen molar-refractivity contribution >= 4 is 10.3 Å². The van der Waals surface area contributed by atoms with E-state index in [0.29, 0.717) is 0 Å². The van der Waals surface area contributed by atoms with Crippen molar-refractivity contribution in [2.75, 3.05) is 7.05 Å². The summed E-state index contributed by atoms with van der Waals surface area (Å²) < 4.78 is 24.2. The van der Waals surface area contributed by atoms with Crippen molar-refractivity contribution in [2.24, 2.45) is 0 Å². The average Bonchev–Trinajstić information content (AvgIpc) is 1.68. The van der Waals surface area contributed by atoms with Crippen LogP contribution in [0.25, 0.3) is 0 Å². The Hall–Kier alpha value is -0.170. The van der Waals surface area contributed by atoms with Crippen LogP contribution in [0, 0.1) is 0 Å². The van der Waals surface area contributed by atoms with Crippen LogP contribution in [0.1, 0.15) is 0 Å². The molecule has 0 unspecified atom stereocenters. The van der Waals surface area contributed by atoms with Gasteiger partial charge in [-0.25, -0.2) is 5.26 Å². The highest BCUT2D eigenvalue weighted by Gasteiger charge is 2.01. The third kappa shape index (κ3) is 2.52. The molecule has 0 bridgehead atoms. The summed E-state index contributed by atoms with van der Waals surface area (Å²) in [6.07, 6.45) is 0. The first-order valence-corrected chi connectivity index (χ1v) is 2.79. The Morgan fingerprint density at radius 1 is 1.71 bits per heavy atom. The van der Waals surface area contributed by atoms with E-state index in [1.165, 1.54) is 0 Å². The van der Waals surface area contributed by atoms with Crippen molar-refractivity contribution in [3.8, 4) is 0 Å². The van der Waals surface area contributed by atoms with Crippen molar-refractivity contribution in [1.82, 2.24) is 4.72 Å². The van der Waals surface area contributed by atoms with Crippen LogP contribution in [0.15, 0.2) is 0 Å². The van der Waals surface area contributed by atoms with Crippen LogP contribution < -0.4 is 4.72 Å². The molecule has 0 heterocycles. The lowest BCUT2D eigenvalue weighted by molar-refractivity contribution is -0.131. The van der Waals surface area contributed by atoms with Crippen molar-refractivity contribution in [3.63, 3.8) is 0 Å². The highest BCUT2D eigenvalue weighted by atomic mass is 32.2. The van der Waals surface area contributed by atoms with E-state index in [2.05, 4.69) is 4.33 Å². The maximum absolute atomic E-state index is 9.78. The highest BCUT2D eigenvalue weighted by molar-refractivity contribution is 7.84. The van der Waals surface area contributed by atoms with Gasteiger partial charge in [0.25, 0.3) is 0 Å². The molecule has 0 radical (unpaired) electrons. The van der Waals surface area contributed by atoms with Crippen LogP contribution in [0.3, 0.4) is 0 Å². The summed E-state index contributed by atoms with van der Waals surface area (Å²) in [4.78, 5) is 0. The Balaban J connectivity index is 3.89. The Morgan fingerprint density at radius 3 is 2.14 bits per heavy atom. The van der Waals surface area contributed by atoms with E-state index in [1.54, 1.807) is 4.72 Å². The molecule has 0 amide bonds. The van der Waals surface area contributed by atoms with E-state index < -0.39 is 10.3 Å². The van der Waals surface area contributed by atoms with E-state index in [4.69, 9.17) is 5.26 Å². The molecular formula is CH5NO4S. The van der Waals surface area contributed by atoms with E-state index in [1.807, 2.05) is 0 Å². The summed E-state index contributed by atoms with van der Waals surface area (Å²) in [5.74, 6) is 0. The van der Waals surface area contributed by atoms with Gasteiger partial charge in [-0.1, -0.05) is 4.33 Å². The van der Waals surface area contributed by atoms with Crippen LogP contribution in [0.2, 0.25) is 0 Å². The Labute approximate surface area is 41.1 Å². The zero-order valence-corrected chi connectivity index (χ0v) is 4.40. The van der Waals surface area contributed by atoms with Crippen LogP contribution in [-0.4, -0.2) is 20.7 Å². The summed E-state index contributed by atoms with van der Waals surface area (Å²) >= 11 is 0. The molecule has 0 saturated carbocycles. The molecule has 5 nitrogen and oxygen atoms in total. The van der Waals surface area contributed by atoms with Gasteiger partial charge < -0.3 is 0 Å². The molecule has 0 aliphatic carbocycles. The molecule has 0 spiro atoms. The SMILES string of the molecule is CNS(=O)(=O)OO. The standard InChI is InChI=1S/CH5NO4S/c1-2-7(4,5)6-3/h2-3H,1H3. The smallest absolute Gasteiger partial charge is 0.234 e. The zero-order chi connectivity index (χ0) is 5.91. The largest absolute Gasteiger partial charge is 0.361 e. The third-order valence-electron chi connectivity index (χ3n) is 0.348. The molecule has 0 aromatic rings. The number of hydrogen-bond acceptors (Lipinski definition) is 4. The lowest BCUT2D eigenvalue weighted by Gasteiger charge is -1.90. The minimum absolute atomic E-state index is 1.12. The maximum atomic E-state index is 9.78. The highest BCUT2D eigenvalue weighted by Crippen LogP contribution is 1.75. The second-order valence-corrected chi connectivity index (χ2v) is 2.20. The van der Waals surface area contributed by atoms with E-state index in [0.717, 1.165) is 7.05 Å². The Bertz CT molecular complexity index is 115. The van der Waals surface area contributed by atoms with Gasteiger partial charge in [0.2, 0.25) is 0 Å². The van der Waals surface area contributed by atoms with Gasteiger partial charge in [-0.05, 0) is 0 Å². The molecule has 0 aromatic heterocycles. The van der Waals surface area contributed by atoms with Crippen molar-refractivity contribution in [1.29, 1.82) is 0 Å². The van der Waals surface area contributed by atoms with Gasteiger partial charge in [-0.15, -0.1) is 0 Å². The van der Waals surface area contributed by atoms with Gasteiger partial charge in [-0.2, -0.15) is 13.1 Å². The topological polar surface area (TPSA) is 75.6 Å². The minimum Gasteiger partial charge on any atom is -0.234 e. The van der Waals surface area contributed by atoms with Gasteiger partial charge in [-0.3, -0.25) is 0 Å². The van der Waals surface area contributed by atoms with E-state index in [9.17, 15) is 8.42 Å². The first-order valence-electron chi connectivity index (χ1n) is 1.39. The molecular weight excluding hydrogens is 122 g/mol. The summed E-state index contributed by atoms with van der Waals surface area (Å²) in [5, 5.41) is 7.44. The monoisotopic (exact) mass is 127 g/mol. The molecule has 44 valence electrons. The average molecular weight is 127 g/mol. The molecule has 6 heteroatoms. The molecule has 0 saturated heterocycles. The Morgan fingerprint density at radius 2 is 2.14 bits per heavy atom. The molecule has 0 fully saturated rings. The van der Waals surface area contributed by atoms with Gasteiger partial charge in [0.15, 0.2) is 0 Å². The quantitative estimate of drug-likeness (QED) is 0.366. The predicted octanol–water partition coefficient (Wildman–Crippen LogP) is -1.06. The van der Waals surface area contributed by atoms with Crippen LogP contribution >= 0.6 is 0 Å². The summed E-state index contributed by atoms with van der Waals surface area (Å²) in [7, 11) is -2.74. The van der Waals surface area contributed by atoms with Gasteiger partial charge in [0.1, 0.15) is 0 Å². The second kappa shape index (κ2) is 2.22. The molecule has 0 atom stereocenters. The normalized spacial score (nSPS) is 11.7. The Kier molecular flexibility index (Phi) is 2.16. The van der Waals surface area contributed by atoms with E-state index in [-0.39, 0.29) is 0 Å². The molecule has 0 rings (SSSR count). The zero-order valence-electron chi connectivity index (χ0n) is 3.58. The van der Waals surface area contributed by atoms with Gasteiger partial charge in [0, 0.05) is 7.05 Å². The van der Waals surface area contributed by atoms with Crippen molar-refractivity contribution in [2.45, 2.75) is 0 Å². The van der Waals surface area contributed by atoms with E-state index >= 15 is 0 Å². The predicted molar refractivity (Wildman–Crippen MR) is 21.7 cm³/mol. The fourth-order valence-corrected chi connectivity index (χ4v) is 0.112. The number of hydrogen-bond donors (Lipinski definition) is 2. The van der Waals surface area contributed by atoms with Gasteiger partial charge in [0.05, 0.1) is 0 Å². The first kappa shape index (κ1) is 6.83. The van der Waals surface area contributed by atoms with Crippen molar-refractivity contribution in [3.05, 3.63) is 0 Å². The molecule has 0 aromatic carbocycles. The third-order valence-corrected chi connectivity index (χ3v) is 1.04. The summed E-state index contributed by atoms with van der Waals surface area (Å²) in [5.41, 5.74) is 0. The first-order chi connectivity index (χ1) is 3.12. The fourth-order valence-electron chi connectivity index (χ4n) is 0.0373.